The molecule has 0 aliphatic carbocycles. The van der Waals surface area contributed by atoms with Gasteiger partial charge in [0, 0.05) is 11.4 Å². The highest BCUT2D eigenvalue weighted by Gasteiger charge is 2.11. The third kappa shape index (κ3) is 3.69. The van der Waals surface area contributed by atoms with Crippen molar-refractivity contribution in [1.29, 1.82) is 0 Å². The van der Waals surface area contributed by atoms with Gasteiger partial charge < -0.3 is 5.32 Å². The maximum atomic E-state index is 12.4. The Morgan fingerprint density at radius 1 is 1.04 bits per heavy atom. The number of nitrogens with one attached hydrogen (secondary N) is 1. The largest absolute Gasteiger partial charge is 0.348 e. The number of carbonyl (C=O) groups excluding carboxylic acids is 1. The van der Waals surface area contributed by atoms with E-state index in [4.69, 9.17) is 11.6 Å². The fraction of sp³-hybridized carbons (Fsp3) is 0.105. The Kier molecular flexibility index (Phi) is 4.89. The van der Waals surface area contributed by atoms with Crippen molar-refractivity contribution in [2.45, 2.75) is 11.4 Å². The van der Waals surface area contributed by atoms with E-state index in [0.29, 0.717) is 17.1 Å². The third-order valence-electron chi connectivity index (χ3n) is 3.69. The Hall–Kier alpha value is -1.97. The average Bonchev–Trinajstić information content (AvgIpc) is 2.60. The highest BCUT2D eigenvalue weighted by atomic mass is 35.5. The summed E-state index contributed by atoms with van der Waals surface area (Å²) in [6.45, 7) is 0.476. The number of benzene rings is 3. The maximum Gasteiger partial charge on any atom is 0.253 e. The molecule has 23 heavy (non-hydrogen) atoms. The summed E-state index contributed by atoms with van der Waals surface area (Å²) in [6, 6.07) is 19.9. The minimum absolute atomic E-state index is 0.154. The minimum Gasteiger partial charge on any atom is -0.348 e. The van der Waals surface area contributed by atoms with E-state index in [0.717, 1.165) is 10.5 Å². The quantitative estimate of drug-likeness (QED) is 0.665. The number of fused-ring (bicyclic) bond motifs is 1. The third-order valence-corrected chi connectivity index (χ3v) is 4.74. The lowest BCUT2D eigenvalue weighted by molar-refractivity contribution is 0.0951. The first-order chi connectivity index (χ1) is 11.2. The van der Waals surface area contributed by atoms with Crippen LogP contribution in [0, 0.1) is 0 Å². The summed E-state index contributed by atoms with van der Waals surface area (Å²) in [6.07, 6.45) is 1.97. The second kappa shape index (κ2) is 7.07. The van der Waals surface area contributed by atoms with E-state index < -0.39 is 0 Å². The molecule has 3 rings (SSSR count). The molecule has 116 valence electrons. The van der Waals surface area contributed by atoms with Gasteiger partial charge in [-0.2, -0.15) is 0 Å². The molecule has 0 aliphatic rings. The van der Waals surface area contributed by atoms with Gasteiger partial charge in [-0.1, -0.05) is 48.0 Å². The zero-order chi connectivity index (χ0) is 16.2. The number of thioether (sulfide) groups is 1. The molecule has 0 fully saturated rings. The van der Waals surface area contributed by atoms with E-state index in [1.807, 2.05) is 36.6 Å². The second-order valence-electron chi connectivity index (χ2n) is 5.21. The van der Waals surface area contributed by atoms with Gasteiger partial charge >= 0.3 is 0 Å². The van der Waals surface area contributed by atoms with Gasteiger partial charge in [0.25, 0.3) is 5.91 Å². The standard InChI is InChI=1S/C19H16ClNOS/c1-23-16-8-9-18(20)17(11-16)19(22)21-12-13-6-7-14-4-2-3-5-15(14)10-13/h2-11H,12H2,1H3,(H,21,22). The minimum atomic E-state index is -0.154. The van der Waals surface area contributed by atoms with Gasteiger partial charge in [-0.05, 0) is 46.9 Å². The van der Waals surface area contributed by atoms with Gasteiger partial charge in [-0.15, -0.1) is 11.8 Å². The predicted molar refractivity (Wildman–Crippen MR) is 98.4 cm³/mol. The fourth-order valence-electron chi connectivity index (χ4n) is 2.43. The lowest BCUT2D eigenvalue weighted by atomic mass is 10.1. The van der Waals surface area contributed by atoms with Gasteiger partial charge in [-0.25, -0.2) is 0 Å². The number of hydrogen-bond acceptors (Lipinski definition) is 2. The molecule has 0 saturated heterocycles. The van der Waals surface area contributed by atoms with Gasteiger partial charge in [0.15, 0.2) is 0 Å². The zero-order valence-electron chi connectivity index (χ0n) is 12.7. The summed E-state index contributed by atoms with van der Waals surface area (Å²) in [4.78, 5) is 13.4. The molecule has 4 heteroatoms. The van der Waals surface area contributed by atoms with E-state index >= 15 is 0 Å². The molecule has 0 unspecified atom stereocenters. The number of rotatable bonds is 4. The van der Waals surface area contributed by atoms with Crippen molar-refractivity contribution in [3.8, 4) is 0 Å². The summed E-state index contributed by atoms with van der Waals surface area (Å²) in [5, 5.41) is 5.77. The normalized spacial score (nSPS) is 10.7. The van der Waals surface area contributed by atoms with E-state index in [2.05, 4.69) is 29.6 Å². The Labute approximate surface area is 144 Å². The number of amides is 1. The molecule has 0 saturated carbocycles. The topological polar surface area (TPSA) is 29.1 Å². The van der Waals surface area contributed by atoms with E-state index in [9.17, 15) is 4.79 Å². The molecule has 3 aromatic rings. The van der Waals surface area contributed by atoms with Crippen LogP contribution in [0.2, 0.25) is 5.02 Å². The van der Waals surface area contributed by atoms with Gasteiger partial charge in [0.05, 0.1) is 10.6 Å². The van der Waals surface area contributed by atoms with Crippen LogP contribution in [0.5, 0.6) is 0 Å². The summed E-state index contributed by atoms with van der Waals surface area (Å²) in [5.74, 6) is -0.154. The second-order valence-corrected chi connectivity index (χ2v) is 6.50. The predicted octanol–water partition coefficient (Wildman–Crippen LogP) is 5.15. The smallest absolute Gasteiger partial charge is 0.253 e. The van der Waals surface area contributed by atoms with E-state index in [-0.39, 0.29) is 5.91 Å². The number of carbonyl (C=O) groups is 1. The van der Waals surface area contributed by atoms with Crippen LogP contribution in [0.25, 0.3) is 10.8 Å². The summed E-state index contributed by atoms with van der Waals surface area (Å²) >= 11 is 7.72. The molecule has 0 heterocycles. The van der Waals surface area contributed by atoms with Crippen molar-refractivity contribution in [3.05, 3.63) is 76.8 Å². The van der Waals surface area contributed by atoms with E-state index in [1.54, 1.807) is 17.8 Å². The molecular formula is C19H16ClNOS. The Bertz CT molecular complexity index is 863. The van der Waals surface area contributed by atoms with Crippen LogP contribution in [0.4, 0.5) is 0 Å². The first-order valence-corrected chi connectivity index (χ1v) is 8.87. The van der Waals surface area contributed by atoms with E-state index in [1.165, 1.54) is 10.8 Å². The summed E-state index contributed by atoms with van der Waals surface area (Å²) in [7, 11) is 0. The first kappa shape index (κ1) is 15.9. The van der Waals surface area contributed by atoms with Crippen LogP contribution in [0.15, 0.2) is 65.6 Å². The Morgan fingerprint density at radius 2 is 1.83 bits per heavy atom. The molecule has 2 nitrogen and oxygen atoms in total. The van der Waals surface area contributed by atoms with Crippen LogP contribution in [0.3, 0.4) is 0 Å². The van der Waals surface area contributed by atoms with Crippen molar-refractivity contribution in [2.75, 3.05) is 6.26 Å². The monoisotopic (exact) mass is 341 g/mol. The molecule has 0 aliphatic heterocycles. The van der Waals surface area contributed by atoms with Gasteiger partial charge in [0.1, 0.15) is 0 Å². The average molecular weight is 342 g/mol. The van der Waals surface area contributed by atoms with Crippen molar-refractivity contribution in [2.24, 2.45) is 0 Å². The maximum absolute atomic E-state index is 12.4. The molecular weight excluding hydrogens is 326 g/mol. The highest BCUT2D eigenvalue weighted by Crippen LogP contribution is 2.23. The van der Waals surface area contributed by atoms with Crippen molar-refractivity contribution in [3.63, 3.8) is 0 Å². The highest BCUT2D eigenvalue weighted by molar-refractivity contribution is 7.98. The molecule has 1 N–H and O–H groups in total. The lowest BCUT2D eigenvalue weighted by Gasteiger charge is -2.09. The van der Waals surface area contributed by atoms with Crippen LogP contribution in [-0.4, -0.2) is 12.2 Å². The zero-order valence-corrected chi connectivity index (χ0v) is 14.2. The first-order valence-electron chi connectivity index (χ1n) is 7.27. The van der Waals surface area contributed by atoms with Crippen molar-refractivity contribution >= 4 is 40.0 Å². The van der Waals surface area contributed by atoms with Gasteiger partial charge in [-0.3, -0.25) is 4.79 Å². The SMILES string of the molecule is CSc1ccc(Cl)c(C(=O)NCc2ccc3ccccc3c2)c1. The van der Waals surface area contributed by atoms with Gasteiger partial charge in [0.2, 0.25) is 0 Å². The van der Waals surface area contributed by atoms with Crippen LogP contribution in [0.1, 0.15) is 15.9 Å². The van der Waals surface area contributed by atoms with Crippen molar-refractivity contribution < 1.29 is 4.79 Å². The summed E-state index contributed by atoms with van der Waals surface area (Å²) < 4.78 is 0. The molecule has 3 aromatic carbocycles. The van der Waals surface area contributed by atoms with Crippen molar-refractivity contribution in [1.82, 2.24) is 5.32 Å². The molecule has 0 spiro atoms. The molecule has 0 aromatic heterocycles. The molecule has 0 bridgehead atoms. The summed E-state index contributed by atoms with van der Waals surface area (Å²) in [5.41, 5.74) is 1.58. The van der Waals surface area contributed by atoms with Crippen LogP contribution < -0.4 is 5.32 Å². The molecule has 1 amide bonds. The number of hydrogen-bond donors (Lipinski definition) is 1. The Morgan fingerprint density at radius 3 is 2.61 bits per heavy atom. The lowest BCUT2D eigenvalue weighted by Crippen LogP contribution is -2.23. The van der Waals surface area contributed by atoms with Crippen LogP contribution >= 0.6 is 23.4 Å². The Balaban J connectivity index is 1.75. The van der Waals surface area contributed by atoms with Crippen LogP contribution in [-0.2, 0) is 6.54 Å². The molecule has 0 atom stereocenters. The fourth-order valence-corrected chi connectivity index (χ4v) is 3.07. The molecule has 0 radical (unpaired) electrons. The number of halogens is 1.